The van der Waals surface area contributed by atoms with Crippen molar-refractivity contribution in [1.29, 1.82) is 0 Å². The van der Waals surface area contributed by atoms with Gasteiger partial charge in [0.05, 0.1) is 25.3 Å². The van der Waals surface area contributed by atoms with Crippen molar-refractivity contribution in [2.75, 3.05) is 19.8 Å². The van der Waals surface area contributed by atoms with Gasteiger partial charge in [0, 0.05) is 6.54 Å². The molecular formula is C8H14N2O2. The van der Waals surface area contributed by atoms with Gasteiger partial charge >= 0.3 is 0 Å². The van der Waals surface area contributed by atoms with Crippen LogP contribution >= 0.6 is 0 Å². The van der Waals surface area contributed by atoms with E-state index in [0.29, 0.717) is 6.04 Å². The van der Waals surface area contributed by atoms with Crippen LogP contribution in [0, 0.1) is 0 Å². The summed E-state index contributed by atoms with van der Waals surface area (Å²) < 4.78 is 5.02. The zero-order valence-electron chi connectivity index (χ0n) is 7.01. The lowest BCUT2D eigenvalue weighted by Gasteiger charge is -2.32. The number of hydrogen-bond donors (Lipinski definition) is 2. The van der Waals surface area contributed by atoms with Crippen LogP contribution in [0.25, 0.3) is 0 Å². The van der Waals surface area contributed by atoms with Gasteiger partial charge in [-0.25, -0.2) is 0 Å². The highest BCUT2D eigenvalue weighted by molar-refractivity contribution is 5.82. The van der Waals surface area contributed by atoms with Crippen molar-refractivity contribution in [2.24, 2.45) is 0 Å². The van der Waals surface area contributed by atoms with Crippen LogP contribution in [0.1, 0.15) is 12.8 Å². The molecule has 1 atom stereocenters. The zero-order chi connectivity index (χ0) is 8.39. The minimum Gasteiger partial charge on any atom is -0.378 e. The first-order valence-electron chi connectivity index (χ1n) is 4.48. The van der Waals surface area contributed by atoms with Crippen molar-refractivity contribution in [3.05, 3.63) is 0 Å². The molecule has 0 aromatic carbocycles. The number of ether oxygens (including phenoxy) is 1. The van der Waals surface area contributed by atoms with E-state index < -0.39 is 0 Å². The molecule has 2 aliphatic heterocycles. The Morgan fingerprint density at radius 3 is 2.92 bits per heavy atom. The number of rotatable bonds is 2. The van der Waals surface area contributed by atoms with Gasteiger partial charge in [-0.1, -0.05) is 0 Å². The summed E-state index contributed by atoms with van der Waals surface area (Å²) in [5.41, 5.74) is 0. The van der Waals surface area contributed by atoms with Crippen molar-refractivity contribution >= 4 is 5.91 Å². The lowest BCUT2D eigenvalue weighted by atomic mass is 10.1. The summed E-state index contributed by atoms with van der Waals surface area (Å²) in [7, 11) is 0. The molecular weight excluding hydrogens is 156 g/mol. The number of piperidine rings is 1. The summed E-state index contributed by atoms with van der Waals surface area (Å²) in [6.45, 7) is 2.34. The van der Waals surface area contributed by atoms with Gasteiger partial charge in [-0.15, -0.1) is 0 Å². The highest BCUT2D eigenvalue weighted by Crippen LogP contribution is 2.07. The topological polar surface area (TPSA) is 50.4 Å². The Morgan fingerprint density at radius 1 is 1.50 bits per heavy atom. The first kappa shape index (κ1) is 8.01. The second kappa shape index (κ2) is 3.41. The molecule has 12 heavy (non-hydrogen) atoms. The third kappa shape index (κ3) is 1.59. The molecule has 2 rings (SSSR count). The highest BCUT2D eigenvalue weighted by Gasteiger charge is 2.27. The van der Waals surface area contributed by atoms with E-state index in [0.717, 1.165) is 32.6 Å². The predicted octanol–water partition coefficient (Wildman–Crippen LogP) is -0.747. The van der Waals surface area contributed by atoms with Crippen LogP contribution in [0.4, 0.5) is 0 Å². The number of hydrogen-bond acceptors (Lipinski definition) is 3. The molecule has 0 bridgehead atoms. The summed E-state index contributed by atoms with van der Waals surface area (Å²) >= 11 is 0. The molecule has 0 saturated carbocycles. The van der Waals surface area contributed by atoms with Gasteiger partial charge in [0.1, 0.15) is 0 Å². The highest BCUT2D eigenvalue weighted by atomic mass is 16.5. The van der Waals surface area contributed by atoms with Gasteiger partial charge in [-0.05, 0) is 12.8 Å². The monoisotopic (exact) mass is 170 g/mol. The maximum atomic E-state index is 11.3. The molecule has 0 spiro atoms. The normalized spacial score (nSPS) is 31.0. The quantitative estimate of drug-likeness (QED) is 0.573. The molecule has 4 nitrogen and oxygen atoms in total. The molecule has 0 radical (unpaired) electrons. The fourth-order valence-electron chi connectivity index (χ4n) is 1.55. The van der Waals surface area contributed by atoms with Crippen LogP contribution in [0.2, 0.25) is 0 Å². The molecule has 1 unspecified atom stereocenters. The molecule has 0 aromatic heterocycles. The van der Waals surface area contributed by atoms with E-state index in [9.17, 15) is 4.79 Å². The van der Waals surface area contributed by atoms with E-state index >= 15 is 0 Å². The van der Waals surface area contributed by atoms with Crippen LogP contribution in [0.5, 0.6) is 0 Å². The first-order valence-corrected chi connectivity index (χ1v) is 4.48. The Kier molecular flexibility index (Phi) is 2.28. The molecule has 2 saturated heterocycles. The lowest BCUT2D eigenvalue weighted by Crippen LogP contribution is -2.57. The van der Waals surface area contributed by atoms with E-state index in [-0.39, 0.29) is 11.9 Å². The maximum Gasteiger partial charge on any atom is 0.237 e. The smallest absolute Gasteiger partial charge is 0.237 e. The number of carbonyl (C=O) groups is 1. The largest absolute Gasteiger partial charge is 0.378 e. The van der Waals surface area contributed by atoms with E-state index in [2.05, 4.69) is 10.6 Å². The van der Waals surface area contributed by atoms with Crippen LogP contribution in [0.3, 0.4) is 0 Å². The minimum absolute atomic E-state index is 0.0210. The maximum absolute atomic E-state index is 11.3. The third-order valence-electron chi connectivity index (χ3n) is 2.36. The van der Waals surface area contributed by atoms with E-state index in [1.807, 2.05) is 0 Å². The minimum atomic E-state index is 0.0210. The van der Waals surface area contributed by atoms with Gasteiger partial charge in [0.2, 0.25) is 5.91 Å². The van der Waals surface area contributed by atoms with Crippen LogP contribution in [-0.4, -0.2) is 37.7 Å². The van der Waals surface area contributed by atoms with Crippen molar-refractivity contribution in [2.45, 2.75) is 24.9 Å². The summed E-state index contributed by atoms with van der Waals surface area (Å²) in [6.07, 6.45) is 2.04. The summed E-state index contributed by atoms with van der Waals surface area (Å²) in [4.78, 5) is 11.3. The number of carbonyl (C=O) groups excluding carboxylic acids is 1. The van der Waals surface area contributed by atoms with Crippen LogP contribution < -0.4 is 10.6 Å². The van der Waals surface area contributed by atoms with Crippen LogP contribution in [0.15, 0.2) is 0 Å². The van der Waals surface area contributed by atoms with Crippen molar-refractivity contribution in [1.82, 2.24) is 10.6 Å². The average Bonchev–Trinajstić information content (AvgIpc) is 2.00. The SMILES string of the molecule is O=C1NCCCC1NC1COC1. The van der Waals surface area contributed by atoms with Crippen LogP contribution in [-0.2, 0) is 9.53 Å². The van der Waals surface area contributed by atoms with Gasteiger partial charge in [-0.3, -0.25) is 10.1 Å². The van der Waals surface area contributed by atoms with Crippen molar-refractivity contribution in [3.8, 4) is 0 Å². The van der Waals surface area contributed by atoms with E-state index in [1.165, 1.54) is 0 Å². The summed E-state index contributed by atoms with van der Waals surface area (Å²) in [6, 6.07) is 0.423. The Morgan fingerprint density at radius 2 is 2.33 bits per heavy atom. The molecule has 2 N–H and O–H groups in total. The predicted molar refractivity (Wildman–Crippen MR) is 43.8 cm³/mol. The van der Waals surface area contributed by atoms with Gasteiger partial charge in [0.15, 0.2) is 0 Å². The third-order valence-corrected chi connectivity index (χ3v) is 2.36. The molecule has 1 amide bonds. The Labute approximate surface area is 71.7 Å². The Bertz CT molecular complexity index is 180. The van der Waals surface area contributed by atoms with Crippen molar-refractivity contribution < 1.29 is 9.53 Å². The molecule has 2 fully saturated rings. The molecule has 2 aliphatic rings. The second-order valence-electron chi connectivity index (χ2n) is 3.39. The summed E-state index contributed by atoms with van der Waals surface area (Å²) in [5.74, 6) is 0.146. The Hall–Kier alpha value is -0.610. The molecule has 4 heteroatoms. The number of amides is 1. The molecule has 0 aromatic rings. The molecule has 0 aliphatic carbocycles. The van der Waals surface area contributed by atoms with E-state index in [1.54, 1.807) is 0 Å². The lowest BCUT2D eigenvalue weighted by molar-refractivity contribution is -0.125. The number of nitrogens with one attached hydrogen (secondary N) is 2. The van der Waals surface area contributed by atoms with Crippen molar-refractivity contribution in [3.63, 3.8) is 0 Å². The molecule has 68 valence electrons. The summed E-state index contributed by atoms with van der Waals surface area (Å²) in [5, 5.41) is 6.11. The Balaban J connectivity index is 1.80. The second-order valence-corrected chi connectivity index (χ2v) is 3.39. The average molecular weight is 170 g/mol. The fourth-order valence-corrected chi connectivity index (χ4v) is 1.55. The van der Waals surface area contributed by atoms with Gasteiger partial charge < -0.3 is 10.1 Å². The van der Waals surface area contributed by atoms with Gasteiger partial charge in [-0.2, -0.15) is 0 Å². The van der Waals surface area contributed by atoms with Gasteiger partial charge in [0.25, 0.3) is 0 Å². The standard InChI is InChI=1S/C8H14N2O2/c11-8-7(2-1-3-9-8)10-6-4-12-5-6/h6-7,10H,1-5H2,(H,9,11). The first-order chi connectivity index (χ1) is 5.86. The van der Waals surface area contributed by atoms with E-state index in [4.69, 9.17) is 4.74 Å². The zero-order valence-corrected chi connectivity index (χ0v) is 7.01. The molecule has 2 heterocycles. The fraction of sp³-hybridized carbons (Fsp3) is 0.875.